The van der Waals surface area contributed by atoms with Gasteiger partial charge in [-0.15, -0.1) is 0 Å². The van der Waals surface area contributed by atoms with Gasteiger partial charge in [-0.3, -0.25) is 9.78 Å². The summed E-state index contributed by atoms with van der Waals surface area (Å²) in [5.74, 6) is 0.524. The van der Waals surface area contributed by atoms with Crippen LogP contribution in [-0.4, -0.2) is 58.3 Å². The number of ether oxygens (including phenoxy) is 2. The van der Waals surface area contributed by atoms with E-state index in [1.165, 1.54) is 0 Å². The van der Waals surface area contributed by atoms with E-state index in [4.69, 9.17) is 9.47 Å². The van der Waals surface area contributed by atoms with Crippen LogP contribution in [0.4, 0.5) is 0 Å². The fourth-order valence-electron chi connectivity index (χ4n) is 3.71. The molecule has 2 aliphatic heterocycles. The molecule has 1 fully saturated rings. The van der Waals surface area contributed by atoms with Crippen molar-refractivity contribution in [1.82, 2.24) is 19.4 Å². The van der Waals surface area contributed by atoms with E-state index in [1.807, 2.05) is 30.4 Å². The summed E-state index contributed by atoms with van der Waals surface area (Å²) in [7, 11) is 0. The Morgan fingerprint density at radius 1 is 1.26 bits per heavy atom. The first-order chi connectivity index (χ1) is 13.2. The Hall–Kier alpha value is -2.25. The molecule has 0 aromatic carbocycles. The Morgan fingerprint density at radius 2 is 2.11 bits per heavy atom. The summed E-state index contributed by atoms with van der Waals surface area (Å²) < 4.78 is 13.6. The Balaban J connectivity index is 1.41. The number of aryl methyl sites for hydroxylation is 1. The van der Waals surface area contributed by atoms with Crippen LogP contribution in [0, 0.1) is 12.8 Å². The zero-order chi connectivity index (χ0) is 18.6. The summed E-state index contributed by atoms with van der Waals surface area (Å²) >= 11 is 0. The SMILES string of the molecule is Cc1ccc(C(=O)N2Cc3cncn3C(COCC3CCOCC3)C2)nc1. The fourth-order valence-corrected chi connectivity index (χ4v) is 3.71. The maximum Gasteiger partial charge on any atom is 0.272 e. The number of carbonyl (C=O) groups is 1. The highest BCUT2D eigenvalue weighted by atomic mass is 16.5. The van der Waals surface area contributed by atoms with Gasteiger partial charge in [0.2, 0.25) is 0 Å². The lowest BCUT2D eigenvalue weighted by molar-refractivity contribution is 0.00595. The quantitative estimate of drug-likeness (QED) is 0.807. The third-order valence-electron chi connectivity index (χ3n) is 5.35. The normalized spacial score (nSPS) is 20.5. The van der Waals surface area contributed by atoms with Crippen LogP contribution in [0.25, 0.3) is 0 Å². The fraction of sp³-hybridized carbons (Fsp3) is 0.550. The Morgan fingerprint density at radius 3 is 2.89 bits per heavy atom. The molecule has 0 spiro atoms. The van der Waals surface area contributed by atoms with Gasteiger partial charge in [-0.05, 0) is 37.3 Å². The van der Waals surface area contributed by atoms with Gasteiger partial charge in [0, 0.05) is 38.8 Å². The predicted molar refractivity (Wildman–Crippen MR) is 99.3 cm³/mol. The molecule has 0 N–H and O–H groups in total. The molecule has 4 heterocycles. The van der Waals surface area contributed by atoms with Gasteiger partial charge in [0.05, 0.1) is 31.2 Å². The predicted octanol–water partition coefficient (Wildman–Crippen LogP) is 2.23. The largest absolute Gasteiger partial charge is 0.381 e. The van der Waals surface area contributed by atoms with Crippen LogP contribution >= 0.6 is 0 Å². The molecule has 7 nitrogen and oxygen atoms in total. The molecular weight excluding hydrogens is 344 g/mol. The van der Waals surface area contributed by atoms with E-state index in [0.717, 1.165) is 43.9 Å². The van der Waals surface area contributed by atoms with Crippen molar-refractivity contribution in [2.75, 3.05) is 33.0 Å². The van der Waals surface area contributed by atoms with Crippen LogP contribution in [0.1, 0.15) is 40.6 Å². The Labute approximate surface area is 159 Å². The second-order valence-electron chi connectivity index (χ2n) is 7.45. The average molecular weight is 370 g/mol. The molecule has 1 amide bonds. The number of carbonyl (C=O) groups excluding carboxylic acids is 1. The lowest BCUT2D eigenvalue weighted by Crippen LogP contribution is -2.42. The molecule has 27 heavy (non-hydrogen) atoms. The van der Waals surface area contributed by atoms with Crippen LogP contribution in [-0.2, 0) is 16.0 Å². The van der Waals surface area contributed by atoms with E-state index in [2.05, 4.69) is 14.5 Å². The number of hydrogen-bond donors (Lipinski definition) is 0. The summed E-state index contributed by atoms with van der Waals surface area (Å²) in [4.78, 5) is 23.3. The highest BCUT2D eigenvalue weighted by Gasteiger charge is 2.29. The number of nitrogens with zero attached hydrogens (tertiary/aromatic N) is 4. The molecule has 1 atom stereocenters. The molecular formula is C20H26N4O3. The topological polar surface area (TPSA) is 69.5 Å². The van der Waals surface area contributed by atoms with Crippen molar-refractivity contribution in [2.45, 2.75) is 32.4 Å². The number of hydrogen-bond acceptors (Lipinski definition) is 5. The molecule has 144 valence electrons. The molecule has 0 radical (unpaired) electrons. The van der Waals surface area contributed by atoms with Gasteiger partial charge < -0.3 is 18.9 Å². The van der Waals surface area contributed by atoms with Gasteiger partial charge in [-0.1, -0.05) is 6.07 Å². The van der Waals surface area contributed by atoms with Crippen LogP contribution < -0.4 is 0 Å². The number of imidazole rings is 1. The first kappa shape index (κ1) is 18.1. The van der Waals surface area contributed by atoms with Gasteiger partial charge in [0.25, 0.3) is 5.91 Å². The van der Waals surface area contributed by atoms with E-state index < -0.39 is 0 Å². The first-order valence-corrected chi connectivity index (χ1v) is 9.59. The number of rotatable bonds is 5. The second-order valence-corrected chi connectivity index (χ2v) is 7.45. The molecule has 2 aromatic heterocycles. The molecule has 7 heteroatoms. The number of pyridine rings is 1. The lowest BCUT2D eigenvalue weighted by Gasteiger charge is -2.34. The van der Waals surface area contributed by atoms with E-state index in [-0.39, 0.29) is 11.9 Å². The maximum atomic E-state index is 12.9. The highest BCUT2D eigenvalue weighted by Crippen LogP contribution is 2.23. The first-order valence-electron chi connectivity index (χ1n) is 9.59. The monoisotopic (exact) mass is 370 g/mol. The molecule has 0 aliphatic carbocycles. The summed E-state index contributed by atoms with van der Waals surface area (Å²) in [5.41, 5.74) is 2.56. The van der Waals surface area contributed by atoms with Crippen LogP contribution in [0.3, 0.4) is 0 Å². The smallest absolute Gasteiger partial charge is 0.272 e. The third kappa shape index (κ3) is 4.20. The molecule has 1 unspecified atom stereocenters. The zero-order valence-corrected chi connectivity index (χ0v) is 15.7. The Bertz CT molecular complexity index is 768. The van der Waals surface area contributed by atoms with Crippen molar-refractivity contribution in [3.8, 4) is 0 Å². The summed E-state index contributed by atoms with van der Waals surface area (Å²) in [6, 6.07) is 3.79. The van der Waals surface area contributed by atoms with Crippen LogP contribution in [0.5, 0.6) is 0 Å². The maximum absolute atomic E-state index is 12.9. The van der Waals surface area contributed by atoms with Gasteiger partial charge in [-0.2, -0.15) is 0 Å². The van der Waals surface area contributed by atoms with Gasteiger partial charge in [0.15, 0.2) is 0 Å². The molecule has 1 saturated heterocycles. The molecule has 2 aliphatic rings. The van der Waals surface area contributed by atoms with Crippen LogP contribution in [0.2, 0.25) is 0 Å². The van der Waals surface area contributed by atoms with Crippen molar-refractivity contribution in [3.05, 3.63) is 47.8 Å². The van der Waals surface area contributed by atoms with E-state index in [9.17, 15) is 4.79 Å². The average Bonchev–Trinajstić information content (AvgIpc) is 3.18. The molecule has 4 rings (SSSR count). The second kappa shape index (κ2) is 8.19. The van der Waals surface area contributed by atoms with E-state index in [0.29, 0.717) is 31.3 Å². The van der Waals surface area contributed by atoms with Gasteiger partial charge in [-0.25, -0.2) is 4.98 Å². The van der Waals surface area contributed by atoms with Gasteiger partial charge >= 0.3 is 0 Å². The number of amides is 1. The minimum absolute atomic E-state index is 0.0446. The van der Waals surface area contributed by atoms with Crippen molar-refractivity contribution in [1.29, 1.82) is 0 Å². The minimum atomic E-state index is -0.0446. The summed E-state index contributed by atoms with van der Waals surface area (Å²) in [5, 5.41) is 0. The number of aromatic nitrogens is 3. The molecule has 2 aromatic rings. The lowest BCUT2D eigenvalue weighted by atomic mass is 10.0. The van der Waals surface area contributed by atoms with E-state index in [1.54, 1.807) is 12.3 Å². The van der Waals surface area contributed by atoms with E-state index >= 15 is 0 Å². The van der Waals surface area contributed by atoms with Crippen molar-refractivity contribution < 1.29 is 14.3 Å². The molecule has 0 saturated carbocycles. The van der Waals surface area contributed by atoms with Crippen molar-refractivity contribution in [3.63, 3.8) is 0 Å². The van der Waals surface area contributed by atoms with Crippen LogP contribution in [0.15, 0.2) is 30.9 Å². The summed E-state index contributed by atoms with van der Waals surface area (Å²) in [6.07, 6.45) is 7.52. The highest BCUT2D eigenvalue weighted by molar-refractivity contribution is 5.92. The third-order valence-corrected chi connectivity index (χ3v) is 5.35. The summed E-state index contributed by atoms with van der Waals surface area (Å²) in [6.45, 7) is 6.09. The number of fused-ring (bicyclic) bond motifs is 1. The minimum Gasteiger partial charge on any atom is -0.381 e. The van der Waals surface area contributed by atoms with Crippen molar-refractivity contribution >= 4 is 5.91 Å². The Kier molecular flexibility index (Phi) is 5.50. The molecule has 0 bridgehead atoms. The van der Waals surface area contributed by atoms with Gasteiger partial charge in [0.1, 0.15) is 5.69 Å². The standard InChI is InChI=1S/C20H26N4O3/c1-15-2-3-19(22-8-15)20(25)23-10-17-9-21-14-24(17)18(11-23)13-27-12-16-4-6-26-7-5-16/h2-3,8-9,14,16,18H,4-7,10-13H2,1H3. The zero-order valence-electron chi connectivity index (χ0n) is 15.7. The van der Waals surface area contributed by atoms with Crippen molar-refractivity contribution in [2.24, 2.45) is 5.92 Å².